The number of piperazine rings is 1. The van der Waals surface area contributed by atoms with Crippen LogP contribution < -0.4 is 0 Å². The van der Waals surface area contributed by atoms with E-state index in [0.29, 0.717) is 45.6 Å². The molecule has 0 aliphatic carbocycles. The van der Waals surface area contributed by atoms with E-state index in [1.165, 1.54) is 16.5 Å². The van der Waals surface area contributed by atoms with E-state index in [9.17, 15) is 14.4 Å². The van der Waals surface area contributed by atoms with Crippen LogP contribution in [-0.2, 0) is 16.1 Å². The fraction of sp³-hybridized carbons (Fsp3) is 0.429. The van der Waals surface area contributed by atoms with Crippen LogP contribution in [0.1, 0.15) is 24.0 Å². The molecule has 2 fully saturated rings. The molecule has 0 radical (unpaired) electrons. The molecule has 2 aliphatic rings. The van der Waals surface area contributed by atoms with Gasteiger partial charge in [-0.1, -0.05) is 29.8 Å². The Kier molecular flexibility index (Phi) is 5.33. The highest BCUT2D eigenvalue weighted by molar-refractivity contribution is 6.35. The first-order valence-corrected chi connectivity index (χ1v) is 9.95. The van der Waals surface area contributed by atoms with E-state index in [1.54, 1.807) is 27.1 Å². The smallest absolute Gasteiger partial charge is 0.329 e. The third-order valence-electron chi connectivity index (χ3n) is 5.74. The van der Waals surface area contributed by atoms with Crippen molar-refractivity contribution in [3.05, 3.63) is 54.1 Å². The molecule has 2 saturated heterocycles. The summed E-state index contributed by atoms with van der Waals surface area (Å²) in [6.45, 7) is 4.67. The van der Waals surface area contributed by atoms with Crippen LogP contribution in [0.4, 0.5) is 4.79 Å². The lowest BCUT2D eigenvalue weighted by Crippen LogP contribution is -2.59. The minimum absolute atomic E-state index is 0.000174. The standard InChI is InChI=1S/C21H25N5O3/c1-16-2-4-17(5-3-16)14-24-12-13-26(20(28)19(24)27)18-6-9-23(10-7-18)21(29)25-11-8-22-15-25/h2-5,8,11,15,18H,6-7,9-10,12-14H2,1H3. The number of aromatic nitrogens is 2. The zero-order valence-electron chi connectivity index (χ0n) is 16.5. The van der Waals surface area contributed by atoms with Gasteiger partial charge in [0.25, 0.3) is 0 Å². The molecule has 0 N–H and O–H groups in total. The third-order valence-corrected chi connectivity index (χ3v) is 5.74. The summed E-state index contributed by atoms with van der Waals surface area (Å²) < 4.78 is 1.46. The number of carbonyl (C=O) groups is 3. The molecule has 1 aromatic carbocycles. The Hall–Kier alpha value is -3.16. The predicted octanol–water partition coefficient (Wildman–Crippen LogP) is 1.50. The Morgan fingerprint density at radius 2 is 1.76 bits per heavy atom. The lowest BCUT2D eigenvalue weighted by molar-refractivity contribution is -0.158. The normalized spacial score (nSPS) is 18.4. The summed E-state index contributed by atoms with van der Waals surface area (Å²) >= 11 is 0. The SMILES string of the molecule is Cc1ccc(CN2CCN(C3CCN(C(=O)n4ccnc4)CC3)C(=O)C2=O)cc1. The molecule has 4 rings (SSSR count). The van der Waals surface area contributed by atoms with E-state index in [-0.39, 0.29) is 12.1 Å². The molecule has 3 heterocycles. The number of nitrogens with zero attached hydrogens (tertiary/aromatic N) is 5. The second kappa shape index (κ2) is 8.06. The Morgan fingerprint density at radius 3 is 2.41 bits per heavy atom. The number of likely N-dealkylation sites (tertiary alicyclic amines) is 1. The number of carbonyl (C=O) groups excluding carboxylic acids is 3. The zero-order chi connectivity index (χ0) is 20.4. The predicted molar refractivity (Wildman–Crippen MR) is 106 cm³/mol. The van der Waals surface area contributed by atoms with Crippen LogP contribution in [0.5, 0.6) is 0 Å². The second-order valence-corrected chi connectivity index (χ2v) is 7.68. The first-order valence-electron chi connectivity index (χ1n) is 9.95. The van der Waals surface area contributed by atoms with E-state index >= 15 is 0 Å². The van der Waals surface area contributed by atoms with Gasteiger partial charge in [0, 0.05) is 51.2 Å². The van der Waals surface area contributed by atoms with Gasteiger partial charge in [0.1, 0.15) is 6.33 Å². The Morgan fingerprint density at radius 1 is 1.03 bits per heavy atom. The average Bonchev–Trinajstić information content (AvgIpc) is 3.28. The lowest BCUT2D eigenvalue weighted by Gasteiger charge is -2.42. The molecule has 0 atom stereocenters. The van der Waals surface area contributed by atoms with Crippen molar-refractivity contribution in [2.24, 2.45) is 0 Å². The van der Waals surface area contributed by atoms with E-state index in [2.05, 4.69) is 4.98 Å². The fourth-order valence-corrected chi connectivity index (χ4v) is 4.01. The summed E-state index contributed by atoms with van der Waals surface area (Å²) in [6, 6.07) is 7.90. The van der Waals surface area contributed by atoms with E-state index in [1.807, 2.05) is 31.2 Å². The highest BCUT2D eigenvalue weighted by Crippen LogP contribution is 2.21. The van der Waals surface area contributed by atoms with Crippen LogP contribution in [0, 0.1) is 6.92 Å². The van der Waals surface area contributed by atoms with Crippen molar-refractivity contribution in [2.75, 3.05) is 26.2 Å². The molecular weight excluding hydrogens is 370 g/mol. The van der Waals surface area contributed by atoms with Gasteiger partial charge >= 0.3 is 17.8 Å². The number of aryl methyl sites for hydroxylation is 1. The summed E-state index contributed by atoms with van der Waals surface area (Å²) in [4.78, 5) is 46.8. The largest absolute Gasteiger partial charge is 0.330 e. The maximum atomic E-state index is 12.7. The summed E-state index contributed by atoms with van der Waals surface area (Å²) in [7, 11) is 0. The van der Waals surface area contributed by atoms with Crippen molar-refractivity contribution in [3.63, 3.8) is 0 Å². The molecule has 1 aromatic heterocycles. The number of hydrogen-bond acceptors (Lipinski definition) is 4. The number of benzene rings is 1. The van der Waals surface area contributed by atoms with Crippen LogP contribution in [-0.4, -0.2) is 74.3 Å². The molecule has 29 heavy (non-hydrogen) atoms. The van der Waals surface area contributed by atoms with E-state index < -0.39 is 11.8 Å². The highest BCUT2D eigenvalue weighted by atomic mass is 16.2. The fourth-order valence-electron chi connectivity index (χ4n) is 4.01. The molecule has 152 valence electrons. The molecule has 0 unspecified atom stereocenters. The van der Waals surface area contributed by atoms with Crippen molar-refractivity contribution in [1.29, 1.82) is 0 Å². The number of imidazole rings is 1. The van der Waals surface area contributed by atoms with Crippen molar-refractivity contribution >= 4 is 17.8 Å². The van der Waals surface area contributed by atoms with Crippen molar-refractivity contribution in [2.45, 2.75) is 32.4 Å². The molecule has 8 nitrogen and oxygen atoms in total. The average molecular weight is 395 g/mol. The summed E-state index contributed by atoms with van der Waals surface area (Å²) in [5.41, 5.74) is 2.19. The number of amides is 3. The maximum Gasteiger partial charge on any atom is 0.329 e. The van der Waals surface area contributed by atoms with Crippen LogP contribution in [0.25, 0.3) is 0 Å². The zero-order valence-corrected chi connectivity index (χ0v) is 16.5. The van der Waals surface area contributed by atoms with E-state index in [0.717, 1.165) is 5.56 Å². The van der Waals surface area contributed by atoms with Gasteiger partial charge < -0.3 is 14.7 Å². The minimum atomic E-state index is -0.436. The van der Waals surface area contributed by atoms with Gasteiger partial charge in [0.05, 0.1) is 0 Å². The van der Waals surface area contributed by atoms with Gasteiger partial charge in [-0.15, -0.1) is 0 Å². The first-order chi connectivity index (χ1) is 14.0. The molecule has 8 heteroatoms. The lowest BCUT2D eigenvalue weighted by atomic mass is 10.0. The monoisotopic (exact) mass is 395 g/mol. The Bertz CT molecular complexity index is 886. The van der Waals surface area contributed by atoms with Gasteiger partial charge in [-0.25, -0.2) is 9.78 Å². The van der Waals surface area contributed by atoms with Gasteiger partial charge in [-0.2, -0.15) is 0 Å². The van der Waals surface area contributed by atoms with Gasteiger partial charge in [-0.05, 0) is 25.3 Å². The second-order valence-electron chi connectivity index (χ2n) is 7.68. The third kappa shape index (κ3) is 4.01. The molecular formula is C21H25N5O3. The van der Waals surface area contributed by atoms with Gasteiger partial charge in [0.15, 0.2) is 0 Å². The summed E-state index contributed by atoms with van der Waals surface area (Å²) in [5.74, 6) is -0.864. The molecule has 2 aromatic rings. The summed E-state index contributed by atoms with van der Waals surface area (Å²) in [5, 5.41) is 0. The number of hydrogen-bond donors (Lipinski definition) is 0. The Labute approximate surface area is 169 Å². The molecule has 0 spiro atoms. The summed E-state index contributed by atoms with van der Waals surface area (Å²) in [6.07, 6.45) is 6.05. The minimum Gasteiger partial charge on any atom is -0.330 e. The van der Waals surface area contributed by atoms with Crippen molar-refractivity contribution in [1.82, 2.24) is 24.3 Å². The quantitative estimate of drug-likeness (QED) is 0.738. The topological polar surface area (TPSA) is 78.8 Å². The molecule has 2 aliphatic heterocycles. The van der Waals surface area contributed by atoms with Crippen molar-refractivity contribution < 1.29 is 14.4 Å². The van der Waals surface area contributed by atoms with Gasteiger partial charge in [-0.3, -0.25) is 14.2 Å². The molecule has 0 bridgehead atoms. The Balaban J connectivity index is 1.33. The number of rotatable bonds is 3. The van der Waals surface area contributed by atoms with Crippen LogP contribution in [0.2, 0.25) is 0 Å². The van der Waals surface area contributed by atoms with Crippen molar-refractivity contribution in [3.8, 4) is 0 Å². The molecule has 0 saturated carbocycles. The van der Waals surface area contributed by atoms with Gasteiger partial charge in [0.2, 0.25) is 0 Å². The number of piperidine rings is 1. The highest BCUT2D eigenvalue weighted by Gasteiger charge is 2.38. The first kappa shape index (κ1) is 19.2. The maximum absolute atomic E-state index is 12.7. The van der Waals surface area contributed by atoms with Crippen LogP contribution >= 0.6 is 0 Å². The van der Waals surface area contributed by atoms with Crippen LogP contribution in [0.3, 0.4) is 0 Å². The van der Waals surface area contributed by atoms with Crippen LogP contribution in [0.15, 0.2) is 43.0 Å². The molecule has 3 amide bonds. The van der Waals surface area contributed by atoms with E-state index in [4.69, 9.17) is 0 Å².